The monoisotopic (exact) mass is 237 g/mol. The fourth-order valence-electron chi connectivity index (χ4n) is 1.50. The minimum Gasteiger partial charge on any atom is -0.385 e. The van der Waals surface area contributed by atoms with Crippen LogP contribution in [0.3, 0.4) is 0 Å². The van der Waals surface area contributed by atoms with Crippen LogP contribution >= 0.6 is 0 Å². The van der Waals surface area contributed by atoms with Gasteiger partial charge in [0.15, 0.2) is 0 Å². The molecule has 0 atom stereocenters. The molecule has 0 saturated carbocycles. The van der Waals surface area contributed by atoms with Crippen molar-refractivity contribution in [3.05, 3.63) is 29.8 Å². The van der Waals surface area contributed by atoms with E-state index in [2.05, 4.69) is 43.4 Å². The maximum absolute atomic E-state index is 5.37. The molecule has 1 aromatic carbocycles. The molecular weight excluding hydrogens is 214 g/mol. The third-order valence-electron chi connectivity index (χ3n) is 2.87. The number of methoxy groups -OCH3 is 2. The van der Waals surface area contributed by atoms with Crippen LogP contribution in [0, 0.1) is 0 Å². The van der Waals surface area contributed by atoms with E-state index in [0.717, 1.165) is 18.7 Å². The first-order valence-electron chi connectivity index (χ1n) is 5.94. The Hall–Kier alpha value is -1.06. The van der Waals surface area contributed by atoms with Gasteiger partial charge in [0.2, 0.25) is 0 Å². The van der Waals surface area contributed by atoms with Gasteiger partial charge in [-0.2, -0.15) is 0 Å². The van der Waals surface area contributed by atoms with Crippen molar-refractivity contribution in [2.24, 2.45) is 0 Å². The summed E-state index contributed by atoms with van der Waals surface area (Å²) in [5, 5.41) is 3.38. The molecule has 3 nitrogen and oxygen atoms in total. The zero-order chi connectivity index (χ0) is 12.7. The van der Waals surface area contributed by atoms with Crippen LogP contribution in [0.25, 0.3) is 0 Å². The first-order valence-corrected chi connectivity index (χ1v) is 5.94. The van der Waals surface area contributed by atoms with Crippen LogP contribution in [0.1, 0.15) is 25.8 Å². The van der Waals surface area contributed by atoms with Gasteiger partial charge >= 0.3 is 0 Å². The Morgan fingerprint density at radius 2 is 1.76 bits per heavy atom. The highest BCUT2D eigenvalue weighted by Gasteiger charge is 2.14. The van der Waals surface area contributed by atoms with E-state index < -0.39 is 0 Å². The number of rotatable bonds is 7. The third-order valence-corrected chi connectivity index (χ3v) is 2.87. The summed E-state index contributed by atoms with van der Waals surface area (Å²) in [6, 6.07) is 8.31. The Balaban J connectivity index is 2.37. The summed E-state index contributed by atoms with van der Waals surface area (Å²) in [7, 11) is 3.46. The predicted octanol–water partition coefficient (Wildman–Crippen LogP) is 3.06. The van der Waals surface area contributed by atoms with Gasteiger partial charge in [0.1, 0.15) is 0 Å². The maximum atomic E-state index is 5.37. The summed E-state index contributed by atoms with van der Waals surface area (Å²) < 4.78 is 10.4. The molecule has 17 heavy (non-hydrogen) atoms. The molecule has 0 radical (unpaired) electrons. The van der Waals surface area contributed by atoms with Gasteiger partial charge in [-0.25, -0.2) is 0 Å². The maximum Gasteiger partial charge on any atom is 0.0713 e. The average molecular weight is 237 g/mol. The summed E-state index contributed by atoms with van der Waals surface area (Å²) >= 11 is 0. The van der Waals surface area contributed by atoms with Gasteiger partial charge in [-0.15, -0.1) is 0 Å². The van der Waals surface area contributed by atoms with Gasteiger partial charge in [-0.1, -0.05) is 12.1 Å². The van der Waals surface area contributed by atoms with E-state index in [1.54, 1.807) is 14.2 Å². The number of ether oxygens (including phenoxy) is 2. The van der Waals surface area contributed by atoms with Crippen LogP contribution in [0.15, 0.2) is 24.3 Å². The summed E-state index contributed by atoms with van der Waals surface area (Å²) in [6.45, 7) is 5.76. The Kier molecular flexibility index (Phi) is 5.45. The second-order valence-corrected chi connectivity index (χ2v) is 4.77. The standard InChI is InChI=1S/C14H23NO2/c1-14(2,17-4)9-10-15-13-7-5-12(6-8-13)11-16-3/h5-8,15H,9-11H2,1-4H3. The van der Waals surface area contributed by atoms with E-state index in [1.807, 2.05) is 0 Å². The Labute approximate surface area is 104 Å². The molecule has 0 saturated heterocycles. The highest BCUT2D eigenvalue weighted by atomic mass is 16.5. The molecule has 0 heterocycles. The molecule has 1 aromatic rings. The summed E-state index contributed by atoms with van der Waals surface area (Å²) in [6.07, 6.45) is 0.976. The number of nitrogens with one attached hydrogen (secondary N) is 1. The van der Waals surface area contributed by atoms with Crippen molar-refractivity contribution in [3.8, 4) is 0 Å². The molecule has 3 heteroatoms. The molecule has 96 valence electrons. The van der Waals surface area contributed by atoms with Crippen molar-refractivity contribution in [2.45, 2.75) is 32.5 Å². The number of hydrogen-bond donors (Lipinski definition) is 1. The van der Waals surface area contributed by atoms with Gasteiger partial charge in [-0.05, 0) is 38.0 Å². The van der Waals surface area contributed by atoms with E-state index >= 15 is 0 Å². The van der Waals surface area contributed by atoms with Crippen LogP contribution in [0.4, 0.5) is 5.69 Å². The van der Waals surface area contributed by atoms with E-state index in [-0.39, 0.29) is 5.60 Å². The van der Waals surface area contributed by atoms with E-state index in [4.69, 9.17) is 9.47 Å². The van der Waals surface area contributed by atoms with Crippen molar-refractivity contribution in [3.63, 3.8) is 0 Å². The molecule has 0 spiro atoms. The fraction of sp³-hybridized carbons (Fsp3) is 0.571. The summed E-state index contributed by atoms with van der Waals surface area (Å²) in [4.78, 5) is 0. The topological polar surface area (TPSA) is 30.5 Å². The molecule has 0 aliphatic carbocycles. The molecule has 0 bridgehead atoms. The molecule has 0 aliphatic heterocycles. The summed E-state index contributed by atoms with van der Waals surface area (Å²) in [5.74, 6) is 0. The van der Waals surface area contributed by atoms with Crippen molar-refractivity contribution in [1.82, 2.24) is 0 Å². The van der Waals surface area contributed by atoms with Gasteiger partial charge in [0.05, 0.1) is 12.2 Å². The molecule has 0 amide bonds. The second-order valence-electron chi connectivity index (χ2n) is 4.77. The first kappa shape index (κ1) is 14.0. The number of benzene rings is 1. The fourth-order valence-corrected chi connectivity index (χ4v) is 1.50. The molecule has 1 N–H and O–H groups in total. The van der Waals surface area contributed by atoms with Gasteiger partial charge in [0.25, 0.3) is 0 Å². The Bertz CT molecular complexity index is 319. The number of hydrogen-bond acceptors (Lipinski definition) is 3. The summed E-state index contributed by atoms with van der Waals surface area (Å²) in [5.41, 5.74) is 2.26. The zero-order valence-corrected chi connectivity index (χ0v) is 11.2. The zero-order valence-electron chi connectivity index (χ0n) is 11.2. The number of anilines is 1. The van der Waals surface area contributed by atoms with Crippen molar-refractivity contribution < 1.29 is 9.47 Å². The first-order chi connectivity index (χ1) is 8.07. The smallest absolute Gasteiger partial charge is 0.0713 e. The predicted molar refractivity (Wildman–Crippen MR) is 71.3 cm³/mol. The molecule has 0 fully saturated rings. The van der Waals surface area contributed by atoms with Crippen LogP contribution in [-0.2, 0) is 16.1 Å². The van der Waals surface area contributed by atoms with E-state index in [0.29, 0.717) is 6.61 Å². The van der Waals surface area contributed by atoms with Gasteiger partial charge in [-0.3, -0.25) is 0 Å². The normalized spacial score (nSPS) is 11.5. The van der Waals surface area contributed by atoms with Crippen LogP contribution in [-0.4, -0.2) is 26.4 Å². The van der Waals surface area contributed by atoms with Gasteiger partial charge < -0.3 is 14.8 Å². The quantitative estimate of drug-likeness (QED) is 0.790. The minimum atomic E-state index is -0.0665. The lowest BCUT2D eigenvalue weighted by Gasteiger charge is -2.23. The Morgan fingerprint density at radius 1 is 1.12 bits per heavy atom. The molecular formula is C14H23NO2. The Morgan fingerprint density at radius 3 is 2.29 bits per heavy atom. The van der Waals surface area contributed by atoms with E-state index in [9.17, 15) is 0 Å². The average Bonchev–Trinajstić information content (AvgIpc) is 2.32. The third kappa shape index (κ3) is 5.20. The van der Waals surface area contributed by atoms with Gasteiger partial charge in [0, 0.05) is 26.5 Å². The molecule has 0 unspecified atom stereocenters. The molecule has 1 rings (SSSR count). The highest BCUT2D eigenvalue weighted by Crippen LogP contribution is 2.14. The largest absolute Gasteiger partial charge is 0.385 e. The molecule has 0 aromatic heterocycles. The molecule has 0 aliphatic rings. The van der Waals surface area contributed by atoms with Crippen LogP contribution in [0.2, 0.25) is 0 Å². The second kappa shape index (κ2) is 6.62. The van der Waals surface area contributed by atoms with E-state index in [1.165, 1.54) is 5.56 Å². The SMILES string of the molecule is COCc1ccc(NCCC(C)(C)OC)cc1. The highest BCUT2D eigenvalue weighted by molar-refractivity contribution is 5.44. The lowest BCUT2D eigenvalue weighted by Crippen LogP contribution is -2.25. The lowest BCUT2D eigenvalue weighted by atomic mass is 10.1. The van der Waals surface area contributed by atoms with Crippen LogP contribution < -0.4 is 5.32 Å². The van der Waals surface area contributed by atoms with Crippen molar-refractivity contribution in [1.29, 1.82) is 0 Å². The minimum absolute atomic E-state index is 0.0665. The van der Waals surface area contributed by atoms with Crippen molar-refractivity contribution >= 4 is 5.69 Å². The van der Waals surface area contributed by atoms with Crippen LogP contribution in [0.5, 0.6) is 0 Å². The lowest BCUT2D eigenvalue weighted by molar-refractivity contribution is 0.0185. The van der Waals surface area contributed by atoms with Crippen molar-refractivity contribution in [2.75, 3.05) is 26.1 Å².